The lowest BCUT2D eigenvalue weighted by molar-refractivity contribution is 0.0495. The molecule has 0 spiro atoms. The Kier molecular flexibility index (Phi) is 3.85. The second kappa shape index (κ2) is 4.98. The number of benzene rings is 1. The minimum atomic E-state index is -0.491. The van der Waals surface area contributed by atoms with Crippen molar-refractivity contribution in [1.82, 2.24) is 5.32 Å². The van der Waals surface area contributed by atoms with E-state index >= 15 is 0 Å². The van der Waals surface area contributed by atoms with Gasteiger partial charge in [0.15, 0.2) is 0 Å². The highest BCUT2D eigenvalue weighted by Gasteiger charge is 2.46. The Balaban J connectivity index is 2.13. The van der Waals surface area contributed by atoms with Gasteiger partial charge in [0.05, 0.1) is 5.54 Å². The summed E-state index contributed by atoms with van der Waals surface area (Å²) >= 11 is 9.47. The maximum Gasteiger partial charge on any atom is 0.408 e. The van der Waals surface area contributed by atoms with E-state index in [0.717, 1.165) is 22.9 Å². The third-order valence-corrected chi connectivity index (χ3v) is 3.58. The normalized spacial score (nSPS) is 16.9. The van der Waals surface area contributed by atoms with Gasteiger partial charge in [-0.1, -0.05) is 27.5 Å². The number of nitrogens with one attached hydrogen (secondary N) is 1. The van der Waals surface area contributed by atoms with Gasteiger partial charge in [0.25, 0.3) is 0 Å². The van der Waals surface area contributed by atoms with Crippen molar-refractivity contribution in [2.24, 2.45) is 0 Å². The second-order valence-corrected chi connectivity index (χ2v) is 7.22. The molecule has 1 fully saturated rings. The lowest BCUT2D eigenvalue weighted by Gasteiger charge is -2.24. The summed E-state index contributed by atoms with van der Waals surface area (Å²) in [5.41, 5.74) is 0.197. The monoisotopic (exact) mass is 345 g/mol. The van der Waals surface area contributed by atoms with Crippen molar-refractivity contribution in [2.45, 2.75) is 44.8 Å². The zero-order chi connectivity index (χ0) is 14.3. The van der Waals surface area contributed by atoms with Crippen molar-refractivity contribution in [1.29, 1.82) is 0 Å². The minimum absolute atomic E-state index is 0.324. The first-order chi connectivity index (χ1) is 8.70. The first-order valence-electron chi connectivity index (χ1n) is 6.18. The molecule has 1 amide bonds. The van der Waals surface area contributed by atoms with Crippen LogP contribution in [0.2, 0.25) is 5.02 Å². The number of carbonyl (C=O) groups is 1. The minimum Gasteiger partial charge on any atom is -0.444 e. The van der Waals surface area contributed by atoms with Crippen molar-refractivity contribution in [3.63, 3.8) is 0 Å². The Morgan fingerprint density at radius 2 is 2.00 bits per heavy atom. The lowest BCUT2D eigenvalue weighted by atomic mass is 10.1. The number of halogens is 2. The summed E-state index contributed by atoms with van der Waals surface area (Å²) in [5, 5.41) is 3.61. The molecule has 1 aromatic rings. The molecule has 0 atom stereocenters. The van der Waals surface area contributed by atoms with Crippen molar-refractivity contribution in [2.75, 3.05) is 0 Å². The van der Waals surface area contributed by atoms with Crippen molar-refractivity contribution in [3.8, 4) is 0 Å². The molecule has 5 heteroatoms. The summed E-state index contributed by atoms with van der Waals surface area (Å²) in [5.74, 6) is 0. The molecule has 0 heterocycles. The molecule has 0 saturated heterocycles. The Morgan fingerprint density at radius 3 is 2.47 bits per heavy atom. The molecule has 0 aliphatic heterocycles. The highest BCUT2D eigenvalue weighted by atomic mass is 79.9. The van der Waals surface area contributed by atoms with Gasteiger partial charge in [0.2, 0.25) is 0 Å². The third kappa shape index (κ3) is 3.86. The van der Waals surface area contributed by atoms with Crippen molar-refractivity contribution < 1.29 is 9.53 Å². The first kappa shape index (κ1) is 14.7. The van der Waals surface area contributed by atoms with Gasteiger partial charge in [0.1, 0.15) is 5.60 Å². The average molecular weight is 347 g/mol. The zero-order valence-electron chi connectivity index (χ0n) is 11.2. The summed E-state index contributed by atoms with van der Waals surface area (Å²) in [6, 6.07) is 5.70. The van der Waals surface area contributed by atoms with E-state index in [4.69, 9.17) is 16.3 Å². The summed E-state index contributed by atoms with van der Waals surface area (Å²) in [6.07, 6.45) is 1.42. The quantitative estimate of drug-likeness (QED) is 0.849. The van der Waals surface area contributed by atoms with E-state index in [9.17, 15) is 4.79 Å². The van der Waals surface area contributed by atoms with Gasteiger partial charge in [0, 0.05) is 9.50 Å². The van der Waals surface area contributed by atoms with E-state index in [-0.39, 0.29) is 11.6 Å². The Morgan fingerprint density at radius 1 is 1.37 bits per heavy atom. The zero-order valence-corrected chi connectivity index (χ0v) is 13.6. The molecule has 1 aromatic carbocycles. The van der Waals surface area contributed by atoms with Gasteiger partial charge in [-0.3, -0.25) is 0 Å². The molecule has 19 heavy (non-hydrogen) atoms. The van der Waals surface area contributed by atoms with Crippen LogP contribution < -0.4 is 5.32 Å². The molecule has 3 nitrogen and oxygen atoms in total. The number of amides is 1. The summed E-state index contributed by atoms with van der Waals surface area (Å²) in [4.78, 5) is 11.9. The van der Waals surface area contributed by atoms with Gasteiger partial charge in [-0.15, -0.1) is 0 Å². The van der Waals surface area contributed by atoms with E-state index in [2.05, 4.69) is 21.2 Å². The predicted octanol–water partition coefficient (Wildman–Crippen LogP) is 4.62. The lowest BCUT2D eigenvalue weighted by Crippen LogP contribution is -2.39. The second-order valence-electron chi connectivity index (χ2n) is 5.87. The molecule has 0 radical (unpaired) electrons. The number of ether oxygens (including phenoxy) is 1. The van der Waals surface area contributed by atoms with Gasteiger partial charge in [-0.05, 0) is 57.4 Å². The molecular formula is C14H17BrClNO2. The van der Waals surface area contributed by atoms with E-state index in [0.29, 0.717) is 5.02 Å². The maximum absolute atomic E-state index is 11.9. The molecule has 104 valence electrons. The molecule has 1 N–H and O–H groups in total. The molecule has 1 saturated carbocycles. The average Bonchev–Trinajstić information content (AvgIpc) is 2.93. The number of alkyl carbamates (subject to hydrolysis) is 1. The maximum atomic E-state index is 11.9. The Hall–Kier alpha value is -0.740. The van der Waals surface area contributed by atoms with Gasteiger partial charge >= 0.3 is 6.09 Å². The predicted molar refractivity (Wildman–Crippen MR) is 79.4 cm³/mol. The number of hydrogen-bond acceptors (Lipinski definition) is 2. The van der Waals surface area contributed by atoms with Crippen LogP contribution in [0.3, 0.4) is 0 Å². The Labute approximate surface area is 126 Å². The topological polar surface area (TPSA) is 38.3 Å². The molecule has 0 aromatic heterocycles. The summed E-state index contributed by atoms with van der Waals surface area (Å²) < 4.78 is 6.21. The molecule has 0 bridgehead atoms. The molecule has 1 aliphatic carbocycles. The van der Waals surface area contributed by atoms with Crippen LogP contribution in [0.15, 0.2) is 22.7 Å². The van der Waals surface area contributed by atoms with Crippen molar-refractivity contribution >= 4 is 33.6 Å². The van der Waals surface area contributed by atoms with Crippen LogP contribution in [0, 0.1) is 0 Å². The van der Waals surface area contributed by atoms with Crippen LogP contribution in [0.25, 0.3) is 0 Å². The van der Waals surface area contributed by atoms with Crippen LogP contribution >= 0.6 is 27.5 Å². The van der Waals surface area contributed by atoms with Crippen LogP contribution in [-0.2, 0) is 10.3 Å². The largest absolute Gasteiger partial charge is 0.444 e. The SMILES string of the molecule is CC(C)(C)OC(=O)NC1(c2cc(Cl)cc(Br)c2)CC1. The summed E-state index contributed by atoms with van der Waals surface area (Å²) in [6.45, 7) is 5.55. The van der Waals surface area contributed by atoms with E-state index in [1.54, 1.807) is 0 Å². The Bertz CT molecular complexity index is 486. The van der Waals surface area contributed by atoms with Crippen LogP contribution in [0.4, 0.5) is 4.79 Å². The van der Waals surface area contributed by atoms with E-state index in [1.807, 2.05) is 39.0 Å². The van der Waals surface area contributed by atoms with E-state index < -0.39 is 5.60 Å². The van der Waals surface area contributed by atoms with Gasteiger partial charge in [-0.2, -0.15) is 0 Å². The fourth-order valence-electron chi connectivity index (χ4n) is 1.94. The highest BCUT2D eigenvalue weighted by molar-refractivity contribution is 9.10. The standard InChI is InChI=1S/C14H17BrClNO2/c1-13(2,3)19-12(18)17-14(4-5-14)9-6-10(15)8-11(16)7-9/h6-8H,4-5H2,1-3H3,(H,17,18). The number of rotatable bonds is 2. The smallest absolute Gasteiger partial charge is 0.408 e. The molecular weight excluding hydrogens is 330 g/mol. The number of hydrogen-bond donors (Lipinski definition) is 1. The fourth-order valence-corrected chi connectivity index (χ4v) is 2.80. The van der Waals surface area contributed by atoms with Crippen LogP contribution in [0.1, 0.15) is 39.2 Å². The molecule has 2 rings (SSSR count). The summed E-state index contributed by atoms with van der Waals surface area (Å²) in [7, 11) is 0. The molecule has 1 aliphatic rings. The van der Waals surface area contributed by atoms with Crippen LogP contribution in [0.5, 0.6) is 0 Å². The van der Waals surface area contributed by atoms with Gasteiger partial charge in [-0.25, -0.2) is 4.79 Å². The van der Waals surface area contributed by atoms with Crippen molar-refractivity contribution in [3.05, 3.63) is 33.3 Å². The van der Waals surface area contributed by atoms with Gasteiger partial charge < -0.3 is 10.1 Å². The third-order valence-electron chi connectivity index (χ3n) is 2.91. The fraction of sp³-hybridized carbons (Fsp3) is 0.500. The first-order valence-corrected chi connectivity index (χ1v) is 7.35. The van der Waals surface area contributed by atoms with E-state index in [1.165, 1.54) is 0 Å². The van der Waals surface area contributed by atoms with Crippen LogP contribution in [-0.4, -0.2) is 11.7 Å². The molecule has 0 unspecified atom stereocenters. The number of carbonyl (C=O) groups excluding carboxylic acids is 1. The highest BCUT2D eigenvalue weighted by Crippen LogP contribution is 2.47.